The van der Waals surface area contributed by atoms with Gasteiger partial charge in [-0.25, -0.2) is 0 Å². The van der Waals surface area contributed by atoms with Crippen LogP contribution in [0.4, 0.5) is 0 Å². The predicted molar refractivity (Wildman–Crippen MR) is 137 cm³/mol. The maximum Gasteiger partial charge on any atom is 0.0160 e. The minimum Gasteiger partial charge on any atom is -0.305 e. The molecular formula is C30H20IrN2Se-2. The van der Waals surface area contributed by atoms with Crippen LogP contribution in [-0.4, -0.2) is 24.5 Å². The molecule has 0 aliphatic carbocycles. The van der Waals surface area contributed by atoms with Crippen molar-refractivity contribution in [2.45, 2.75) is 0 Å². The van der Waals surface area contributed by atoms with Crippen molar-refractivity contribution in [3.05, 3.63) is 134 Å². The predicted octanol–water partition coefficient (Wildman–Crippen LogP) is 6.97. The van der Waals surface area contributed by atoms with Gasteiger partial charge in [0, 0.05) is 26.3 Å². The minimum atomic E-state index is 0. The van der Waals surface area contributed by atoms with Gasteiger partial charge in [0.25, 0.3) is 0 Å². The van der Waals surface area contributed by atoms with Gasteiger partial charge in [-0.15, -0.1) is 35.9 Å². The summed E-state index contributed by atoms with van der Waals surface area (Å²) in [5.74, 6) is 0. The second kappa shape index (κ2) is 11.8. The van der Waals surface area contributed by atoms with Crippen molar-refractivity contribution in [3.8, 4) is 32.5 Å². The maximum absolute atomic E-state index is 4.84. The molecule has 2 nitrogen and oxygen atoms in total. The molecule has 0 spiro atoms. The van der Waals surface area contributed by atoms with Gasteiger partial charge in [0.1, 0.15) is 0 Å². The molecule has 0 amide bonds. The van der Waals surface area contributed by atoms with E-state index in [9.17, 15) is 0 Å². The zero-order valence-corrected chi connectivity index (χ0v) is 22.3. The number of hydrogen-bond donors (Lipinski definition) is 0. The molecule has 6 rings (SSSR count). The van der Waals surface area contributed by atoms with Crippen molar-refractivity contribution in [2.24, 2.45) is 0 Å². The van der Waals surface area contributed by atoms with Crippen LogP contribution in [0.3, 0.4) is 0 Å². The van der Waals surface area contributed by atoms with Gasteiger partial charge in [0.05, 0.1) is 0 Å². The Morgan fingerprint density at radius 2 is 1.29 bits per heavy atom. The fourth-order valence-electron chi connectivity index (χ4n) is 3.44. The van der Waals surface area contributed by atoms with E-state index < -0.39 is 0 Å². The van der Waals surface area contributed by atoms with Gasteiger partial charge in [0.15, 0.2) is 0 Å². The smallest absolute Gasteiger partial charge is 0.0160 e. The molecule has 0 fully saturated rings. The summed E-state index contributed by atoms with van der Waals surface area (Å²) >= 11 is 0.279. The van der Waals surface area contributed by atoms with Gasteiger partial charge in [0.2, 0.25) is 0 Å². The normalized spacial score (nSPS) is 10.1. The van der Waals surface area contributed by atoms with E-state index in [1.165, 1.54) is 19.8 Å². The Morgan fingerprint density at radius 3 is 1.94 bits per heavy atom. The minimum absolute atomic E-state index is 0. The van der Waals surface area contributed by atoms with E-state index in [2.05, 4.69) is 71.7 Å². The molecule has 4 heteroatoms. The molecule has 0 saturated heterocycles. The zero-order valence-electron chi connectivity index (χ0n) is 18.2. The number of fused-ring (bicyclic) bond motifs is 1. The Morgan fingerprint density at radius 1 is 0.618 bits per heavy atom. The Bertz CT molecular complexity index is 1360. The fourth-order valence-corrected chi connectivity index (χ4v) is 5.62. The SMILES string of the molecule is [Ir].[c-]1ccccc1-c1ccc2cc(-c3ccccc3)[se]c2n1.[c-]1ccccc1-c1ccccn1. The molecule has 167 valence electrons. The van der Waals surface area contributed by atoms with Crippen molar-refractivity contribution in [2.75, 3.05) is 0 Å². The van der Waals surface area contributed by atoms with E-state index in [1.54, 1.807) is 6.20 Å². The summed E-state index contributed by atoms with van der Waals surface area (Å²) in [6.07, 6.45) is 1.79. The molecule has 0 aliphatic heterocycles. The van der Waals surface area contributed by atoms with Gasteiger partial charge < -0.3 is 4.98 Å². The molecular weight excluding hydrogens is 660 g/mol. The summed E-state index contributed by atoms with van der Waals surface area (Å²) in [5, 5.41) is 1.26. The Kier molecular flexibility index (Phi) is 8.35. The molecule has 0 bridgehead atoms. The van der Waals surface area contributed by atoms with Gasteiger partial charge >= 0.3 is 129 Å². The molecule has 3 aromatic carbocycles. The number of hydrogen-bond acceptors (Lipinski definition) is 2. The van der Waals surface area contributed by atoms with Crippen molar-refractivity contribution >= 4 is 24.3 Å². The number of benzene rings is 3. The summed E-state index contributed by atoms with van der Waals surface area (Å²) in [5.41, 5.74) is 5.39. The largest absolute Gasteiger partial charge is 0.305 e. The standard InChI is InChI=1S/C19H12NSe.C11H8N.Ir/c1-3-7-14(8-4-1)17-12-11-16-13-18(21-19(16)20-17)15-9-5-2-6-10-15;1-2-6-10(7-3-1)11-8-4-5-9-12-11;/h1-7,9-13H;1-6,8-9H;/q2*-1;. The fraction of sp³-hybridized carbons (Fsp3) is 0. The van der Waals surface area contributed by atoms with E-state index in [-0.39, 0.29) is 34.6 Å². The molecule has 3 aromatic heterocycles. The van der Waals surface area contributed by atoms with Gasteiger partial charge in [-0.1, -0.05) is 12.1 Å². The van der Waals surface area contributed by atoms with Crippen LogP contribution in [0.5, 0.6) is 0 Å². The van der Waals surface area contributed by atoms with Crippen molar-refractivity contribution in [1.82, 2.24) is 9.97 Å². The summed E-state index contributed by atoms with van der Waals surface area (Å²) in [4.78, 5) is 9.06. The van der Waals surface area contributed by atoms with Crippen LogP contribution < -0.4 is 0 Å². The van der Waals surface area contributed by atoms with E-state index >= 15 is 0 Å². The molecule has 0 aliphatic rings. The average Bonchev–Trinajstić information content (AvgIpc) is 3.35. The van der Waals surface area contributed by atoms with E-state index in [4.69, 9.17) is 4.98 Å². The van der Waals surface area contributed by atoms with Crippen LogP contribution in [-0.2, 0) is 20.1 Å². The second-order valence-corrected chi connectivity index (χ2v) is 9.50. The zero-order chi connectivity index (χ0) is 22.3. The van der Waals surface area contributed by atoms with Crippen molar-refractivity contribution < 1.29 is 20.1 Å². The topological polar surface area (TPSA) is 25.8 Å². The van der Waals surface area contributed by atoms with Crippen LogP contribution in [0.25, 0.3) is 42.3 Å². The van der Waals surface area contributed by atoms with Crippen LogP contribution in [0.15, 0.2) is 121 Å². The second-order valence-electron chi connectivity index (χ2n) is 7.34. The summed E-state index contributed by atoms with van der Waals surface area (Å²) in [7, 11) is 0. The maximum atomic E-state index is 4.84. The molecule has 1 radical (unpaired) electrons. The third-order valence-electron chi connectivity index (χ3n) is 5.08. The van der Waals surface area contributed by atoms with Crippen LogP contribution in [0.2, 0.25) is 0 Å². The quantitative estimate of drug-likeness (QED) is 0.149. The van der Waals surface area contributed by atoms with Crippen LogP contribution in [0, 0.1) is 12.1 Å². The molecule has 6 aromatic rings. The van der Waals surface area contributed by atoms with Crippen molar-refractivity contribution in [1.29, 1.82) is 0 Å². The Hall–Kier alpha value is -3.13. The van der Waals surface area contributed by atoms with E-state index in [1.807, 2.05) is 60.7 Å². The van der Waals surface area contributed by atoms with Gasteiger partial charge in [-0.05, 0) is 11.8 Å². The first-order valence-electron chi connectivity index (χ1n) is 10.7. The van der Waals surface area contributed by atoms with Crippen molar-refractivity contribution in [3.63, 3.8) is 0 Å². The number of pyridine rings is 2. The van der Waals surface area contributed by atoms with E-state index in [0.717, 1.165) is 22.5 Å². The summed E-state index contributed by atoms with van der Waals surface area (Å²) in [6, 6.07) is 45.2. The van der Waals surface area contributed by atoms with Gasteiger partial charge in [-0.3, -0.25) is 0 Å². The van der Waals surface area contributed by atoms with E-state index in [0.29, 0.717) is 0 Å². The molecule has 34 heavy (non-hydrogen) atoms. The van der Waals surface area contributed by atoms with Crippen LogP contribution >= 0.6 is 0 Å². The first kappa shape index (κ1) is 24.0. The molecule has 0 atom stereocenters. The number of aromatic nitrogens is 2. The third kappa shape index (κ3) is 5.86. The van der Waals surface area contributed by atoms with Gasteiger partial charge in [-0.2, -0.15) is 0 Å². The van der Waals surface area contributed by atoms with Crippen LogP contribution in [0.1, 0.15) is 0 Å². The molecule has 0 saturated carbocycles. The Balaban J connectivity index is 0.000000180. The molecule has 0 N–H and O–H groups in total. The number of rotatable bonds is 3. The monoisotopic (exact) mass is 681 g/mol. The third-order valence-corrected chi connectivity index (χ3v) is 7.37. The summed E-state index contributed by atoms with van der Waals surface area (Å²) in [6.45, 7) is 0. The first-order chi connectivity index (χ1) is 16.4. The first-order valence-corrected chi connectivity index (χ1v) is 12.4. The average molecular weight is 680 g/mol. The molecule has 3 heterocycles. The Labute approximate surface area is 219 Å². The number of nitrogens with zero attached hydrogens (tertiary/aromatic N) is 2. The summed E-state index contributed by atoms with van der Waals surface area (Å²) < 4.78 is 2.62. The molecule has 0 unspecified atom stereocenters.